The zero-order valence-corrected chi connectivity index (χ0v) is 12.9. The van der Waals surface area contributed by atoms with Gasteiger partial charge in [0.1, 0.15) is 0 Å². The maximum Gasteiger partial charge on any atom is 0.160 e. The van der Waals surface area contributed by atoms with Gasteiger partial charge in [0.25, 0.3) is 0 Å². The van der Waals surface area contributed by atoms with Gasteiger partial charge in [-0.05, 0) is 10.4 Å². The van der Waals surface area contributed by atoms with Gasteiger partial charge in [0, 0.05) is 18.6 Å². The summed E-state index contributed by atoms with van der Waals surface area (Å²) < 4.78 is 2.16. The summed E-state index contributed by atoms with van der Waals surface area (Å²) >= 11 is 0. The van der Waals surface area contributed by atoms with Crippen LogP contribution in [0.5, 0.6) is 0 Å². The van der Waals surface area contributed by atoms with E-state index in [1.165, 1.54) is 10.4 Å². The molecule has 0 N–H and O–H groups in total. The van der Waals surface area contributed by atoms with Crippen molar-refractivity contribution in [3.8, 4) is 0 Å². The van der Waals surface area contributed by atoms with Crippen LogP contribution in [0.4, 0.5) is 0 Å². The van der Waals surface area contributed by atoms with Gasteiger partial charge in [-0.2, -0.15) is 0 Å². The van der Waals surface area contributed by atoms with E-state index in [0.29, 0.717) is 0 Å². The molecule has 2 nitrogen and oxygen atoms in total. The van der Waals surface area contributed by atoms with Crippen molar-refractivity contribution in [2.45, 2.75) is 6.17 Å². The van der Waals surface area contributed by atoms with Crippen LogP contribution in [0.2, 0.25) is 0 Å². The Bertz CT molecular complexity index is 651. The molecule has 3 rings (SSSR count). The van der Waals surface area contributed by atoms with E-state index in [0.717, 1.165) is 6.17 Å². The Kier molecular flexibility index (Phi) is 3.84. The minimum atomic E-state index is -2.04. The molecule has 0 fully saturated rings. The quantitative estimate of drug-likeness (QED) is 0.660. The molecule has 104 valence electrons. The Morgan fingerprint density at radius 1 is 0.952 bits per heavy atom. The van der Waals surface area contributed by atoms with Crippen molar-refractivity contribution in [3.05, 3.63) is 91.7 Å². The summed E-state index contributed by atoms with van der Waals surface area (Å²) in [6.07, 6.45) is 6.66. The Balaban J connectivity index is 2.15. The third-order valence-corrected chi connectivity index (χ3v) is 8.21. The minimum Gasteiger partial charge on any atom is -0.339 e. The lowest BCUT2D eigenvalue weighted by molar-refractivity contribution is 0.861. The van der Waals surface area contributed by atoms with Crippen LogP contribution in [0.1, 0.15) is 0 Å². The van der Waals surface area contributed by atoms with Gasteiger partial charge in [0.2, 0.25) is 0 Å². The molecule has 0 saturated carbocycles. The monoisotopic (exact) mass is 290 g/mol. The smallest absolute Gasteiger partial charge is 0.160 e. The van der Waals surface area contributed by atoms with Crippen LogP contribution < -0.4 is 10.4 Å². The predicted molar refractivity (Wildman–Crippen MR) is 90.3 cm³/mol. The van der Waals surface area contributed by atoms with Gasteiger partial charge in [-0.1, -0.05) is 66.4 Å². The third-order valence-electron chi connectivity index (χ3n) is 3.92. The van der Waals surface area contributed by atoms with Crippen LogP contribution in [0.25, 0.3) is 0 Å². The molecule has 1 heterocycles. The lowest BCUT2D eigenvalue weighted by Gasteiger charge is -2.30. The maximum atomic E-state index is 4.19. The fraction of sp³-hybridized carbons (Fsp3) is 0.0556. The van der Waals surface area contributed by atoms with E-state index < -0.39 is 8.07 Å². The van der Waals surface area contributed by atoms with E-state index in [9.17, 15) is 0 Å². The molecule has 3 heteroatoms. The lowest BCUT2D eigenvalue weighted by Crippen LogP contribution is -2.60. The van der Waals surface area contributed by atoms with Crippen LogP contribution in [0.3, 0.4) is 0 Å². The summed E-state index contributed by atoms with van der Waals surface area (Å²) in [5.41, 5.74) is 2.18. The fourth-order valence-corrected chi connectivity index (χ4v) is 6.43. The average Bonchev–Trinajstić information content (AvgIpc) is 3.07. The molecule has 0 spiro atoms. The van der Waals surface area contributed by atoms with Gasteiger partial charge >= 0.3 is 0 Å². The highest BCUT2D eigenvalue weighted by atomic mass is 28.3. The number of aromatic nitrogens is 2. The van der Waals surface area contributed by atoms with Crippen molar-refractivity contribution >= 4 is 18.4 Å². The summed E-state index contributed by atoms with van der Waals surface area (Å²) in [6, 6.07) is 21.4. The van der Waals surface area contributed by atoms with E-state index in [2.05, 4.69) is 82.5 Å². The summed E-state index contributed by atoms with van der Waals surface area (Å²) in [5.74, 6) is 0. The van der Waals surface area contributed by atoms with Crippen molar-refractivity contribution in [3.63, 3.8) is 0 Å². The van der Waals surface area contributed by atoms with Gasteiger partial charge in [-0.15, -0.1) is 6.58 Å². The lowest BCUT2D eigenvalue weighted by atomic mass is 10.4. The first-order chi connectivity index (χ1) is 10.3. The summed E-state index contributed by atoms with van der Waals surface area (Å²) in [5, 5.41) is 2.75. The molecule has 3 aromatic rings. The second kappa shape index (κ2) is 5.93. The van der Waals surface area contributed by atoms with Crippen molar-refractivity contribution in [1.82, 2.24) is 9.55 Å². The van der Waals surface area contributed by atoms with Gasteiger partial charge in [0.05, 0.1) is 6.33 Å². The second-order valence-electron chi connectivity index (χ2n) is 5.14. The Morgan fingerprint density at radius 3 is 1.95 bits per heavy atom. The highest BCUT2D eigenvalue weighted by Crippen LogP contribution is 2.10. The molecule has 0 aliphatic carbocycles. The topological polar surface area (TPSA) is 17.8 Å². The zero-order chi connectivity index (χ0) is 14.5. The van der Waals surface area contributed by atoms with Crippen molar-refractivity contribution < 1.29 is 0 Å². The first-order valence-corrected chi connectivity index (χ1v) is 9.34. The largest absolute Gasteiger partial charge is 0.339 e. The zero-order valence-electron chi connectivity index (χ0n) is 11.9. The second-order valence-corrected chi connectivity index (χ2v) is 8.96. The number of hydrogen-bond acceptors (Lipinski definition) is 1. The molecule has 0 aliphatic rings. The van der Waals surface area contributed by atoms with E-state index in [1.54, 1.807) is 0 Å². The van der Waals surface area contributed by atoms with Gasteiger partial charge in [-0.25, -0.2) is 4.98 Å². The van der Waals surface area contributed by atoms with Gasteiger partial charge in [0.15, 0.2) is 8.07 Å². The molecule has 0 radical (unpaired) electrons. The highest BCUT2D eigenvalue weighted by Gasteiger charge is 2.34. The molecule has 0 atom stereocenters. The molecular formula is C18H18N2Si. The van der Waals surface area contributed by atoms with E-state index in [-0.39, 0.29) is 0 Å². The molecule has 0 saturated heterocycles. The maximum absolute atomic E-state index is 4.19. The van der Waals surface area contributed by atoms with Crippen molar-refractivity contribution in [2.24, 2.45) is 0 Å². The standard InChI is InChI=1S/C18H18N2Si/c1-2-21(16-20-14-13-19-15-20,17-9-5-3-6-10-17)18-11-7-4-8-12-18/h2-15H,1,16H2. The molecule has 0 aliphatic heterocycles. The normalized spacial score (nSPS) is 11.2. The third kappa shape index (κ3) is 2.60. The number of benzene rings is 2. The Hall–Kier alpha value is -2.39. The van der Waals surface area contributed by atoms with E-state index >= 15 is 0 Å². The first kappa shape index (κ1) is 13.6. The summed E-state index contributed by atoms with van der Waals surface area (Å²) in [7, 11) is -2.04. The Labute approximate surface area is 126 Å². The van der Waals surface area contributed by atoms with E-state index in [1.807, 2.05) is 18.7 Å². The first-order valence-electron chi connectivity index (χ1n) is 7.05. The van der Waals surface area contributed by atoms with Crippen LogP contribution >= 0.6 is 0 Å². The molecule has 1 aromatic heterocycles. The fourth-order valence-electron chi connectivity index (χ4n) is 2.79. The number of imidazole rings is 1. The molecule has 0 amide bonds. The molecule has 0 bridgehead atoms. The highest BCUT2D eigenvalue weighted by molar-refractivity contribution is 7.05. The van der Waals surface area contributed by atoms with Gasteiger partial charge < -0.3 is 4.57 Å². The van der Waals surface area contributed by atoms with E-state index in [4.69, 9.17) is 0 Å². The molecule has 0 unspecified atom stereocenters. The number of nitrogens with zero attached hydrogens (tertiary/aromatic N) is 2. The average molecular weight is 290 g/mol. The number of hydrogen-bond donors (Lipinski definition) is 0. The summed E-state index contributed by atoms with van der Waals surface area (Å²) in [4.78, 5) is 4.18. The van der Waals surface area contributed by atoms with Crippen LogP contribution in [-0.4, -0.2) is 17.6 Å². The van der Waals surface area contributed by atoms with Crippen LogP contribution in [-0.2, 0) is 6.17 Å². The summed E-state index contributed by atoms with van der Waals surface area (Å²) in [6.45, 7) is 4.19. The van der Waals surface area contributed by atoms with Crippen molar-refractivity contribution in [2.75, 3.05) is 0 Å². The van der Waals surface area contributed by atoms with Gasteiger partial charge in [-0.3, -0.25) is 0 Å². The Morgan fingerprint density at radius 2 is 1.52 bits per heavy atom. The van der Waals surface area contributed by atoms with Crippen LogP contribution in [0, 0.1) is 0 Å². The van der Waals surface area contributed by atoms with Crippen LogP contribution in [0.15, 0.2) is 91.7 Å². The SMILES string of the molecule is C=C[Si](Cn1ccnc1)(c1ccccc1)c1ccccc1. The molecular weight excluding hydrogens is 272 g/mol. The number of rotatable bonds is 5. The molecule has 2 aromatic carbocycles. The van der Waals surface area contributed by atoms with Crippen molar-refractivity contribution in [1.29, 1.82) is 0 Å². The molecule has 21 heavy (non-hydrogen) atoms. The minimum absolute atomic E-state index is 0.921. The predicted octanol–water partition coefficient (Wildman–Crippen LogP) is 2.41.